The van der Waals surface area contributed by atoms with Crippen LogP contribution in [0.1, 0.15) is 16.8 Å². The molecule has 0 saturated heterocycles. The number of nitriles is 1. The molecule has 3 aromatic heterocycles. The summed E-state index contributed by atoms with van der Waals surface area (Å²) in [5.41, 5.74) is 8.63. The zero-order valence-electron chi connectivity index (χ0n) is 22.3. The Labute approximate surface area is 227 Å². The van der Waals surface area contributed by atoms with Gasteiger partial charge in [-0.3, -0.25) is 4.79 Å². The van der Waals surface area contributed by atoms with E-state index < -0.39 is 0 Å². The fourth-order valence-corrected chi connectivity index (χ4v) is 4.65. The Hall–Kier alpha value is -5.22. The number of aryl methyl sites for hydroxylation is 2. The Morgan fingerprint density at radius 2 is 1.62 bits per heavy atom. The monoisotopic (exact) mass is 512 g/mol. The normalized spacial score (nSPS) is 10.6. The first-order valence-electron chi connectivity index (χ1n) is 12.6. The molecule has 0 atom stereocenters. The molecule has 0 aliphatic rings. The molecule has 7 heteroatoms. The number of para-hydroxylation sites is 2. The molecule has 3 aromatic carbocycles. The molecule has 0 spiro atoms. The van der Waals surface area contributed by atoms with Crippen molar-refractivity contribution in [2.24, 2.45) is 0 Å². The van der Waals surface area contributed by atoms with E-state index in [-0.39, 0.29) is 0 Å². The van der Waals surface area contributed by atoms with E-state index in [4.69, 9.17) is 10.1 Å². The maximum atomic E-state index is 10.4. The number of carbonyl (C=O) groups is 1. The number of benzene rings is 3. The van der Waals surface area contributed by atoms with Crippen molar-refractivity contribution in [3.8, 4) is 34.1 Å². The second kappa shape index (κ2) is 10.6. The van der Waals surface area contributed by atoms with Crippen LogP contribution in [0, 0.1) is 25.2 Å². The summed E-state index contributed by atoms with van der Waals surface area (Å²) in [6, 6.07) is 28.9. The molecule has 1 N–H and O–H groups in total. The average Bonchev–Trinajstić information content (AvgIpc) is 3.54. The van der Waals surface area contributed by atoms with Crippen molar-refractivity contribution in [1.29, 1.82) is 5.26 Å². The summed E-state index contributed by atoms with van der Waals surface area (Å²) < 4.78 is 1.88. The number of H-pyrrole nitrogens is 1. The van der Waals surface area contributed by atoms with Crippen molar-refractivity contribution < 1.29 is 4.79 Å². The summed E-state index contributed by atoms with van der Waals surface area (Å²) in [4.78, 5) is 19.3. The van der Waals surface area contributed by atoms with Crippen LogP contribution in [-0.2, 0) is 4.79 Å². The molecule has 0 aliphatic carbocycles. The molecule has 0 unspecified atom stereocenters. The minimum absolute atomic E-state index is 0.553. The van der Waals surface area contributed by atoms with Crippen molar-refractivity contribution in [2.75, 3.05) is 14.1 Å². The van der Waals surface area contributed by atoms with Crippen LogP contribution in [0.4, 0.5) is 0 Å². The first kappa shape index (κ1) is 25.4. The lowest BCUT2D eigenvalue weighted by Gasteiger charge is -2.13. The molecule has 0 saturated carbocycles. The van der Waals surface area contributed by atoms with Gasteiger partial charge in [0.15, 0.2) is 5.65 Å². The molecule has 7 nitrogen and oxygen atoms in total. The number of aromatic nitrogens is 4. The molecule has 0 radical (unpaired) electrons. The number of nitrogens with one attached hydrogen (secondary N) is 1. The van der Waals surface area contributed by atoms with Gasteiger partial charge in [-0.25, -0.2) is 9.67 Å². The highest BCUT2D eigenvalue weighted by molar-refractivity contribution is 6.04. The zero-order valence-corrected chi connectivity index (χ0v) is 22.3. The van der Waals surface area contributed by atoms with Gasteiger partial charge in [-0.2, -0.15) is 10.4 Å². The van der Waals surface area contributed by atoms with E-state index in [1.165, 1.54) is 10.5 Å². The largest absolute Gasteiger partial charge is 0.360 e. The van der Waals surface area contributed by atoms with E-state index in [9.17, 15) is 10.1 Å². The minimum Gasteiger partial charge on any atom is -0.360 e. The standard InChI is InChI=1S/C29H21N5.C3H7NO/c1-18-12-14-20(15-13-18)27-23(16-30)28(24-17-31-25-11-7-6-10-22(24)25)32-29-26(27)19(2)33-34(29)21-8-4-3-5-9-21;1-4(2)3-5/h3-15,17,31H,1-2H3;3H,1-2H3. The topological polar surface area (TPSA) is 90.6 Å². The second-order valence-corrected chi connectivity index (χ2v) is 9.54. The molecule has 6 aromatic rings. The van der Waals surface area contributed by atoms with E-state index in [2.05, 4.69) is 48.3 Å². The van der Waals surface area contributed by atoms with Crippen molar-refractivity contribution in [2.45, 2.75) is 13.8 Å². The lowest BCUT2D eigenvalue weighted by molar-refractivity contribution is -0.115. The third kappa shape index (κ3) is 4.76. The molecule has 0 fully saturated rings. The van der Waals surface area contributed by atoms with E-state index in [0.717, 1.165) is 56.4 Å². The summed E-state index contributed by atoms with van der Waals surface area (Å²) in [7, 11) is 3.38. The van der Waals surface area contributed by atoms with Gasteiger partial charge in [-0.05, 0) is 37.6 Å². The van der Waals surface area contributed by atoms with Crippen molar-refractivity contribution >= 4 is 28.3 Å². The predicted molar refractivity (Wildman–Crippen MR) is 156 cm³/mol. The smallest absolute Gasteiger partial charge is 0.209 e. The Bertz CT molecular complexity index is 1820. The molecule has 6 rings (SSSR count). The average molecular weight is 513 g/mol. The number of fused-ring (bicyclic) bond motifs is 2. The Kier molecular flexibility index (Phi) is 6.94. The quantitative estimate of drug-likeness (QED) is 0.276. The van der Waals surface area contributed by atoms with Gasteiger partial charge in [-0.15, -0.1) is 0 Å². The van der Waals surface area contributed by atoms with E-state index in [0.29, 0.717) is 11.3 Å². The third-order valence-electron chi connectivity index (χ3n) is 6.50. The van der Waals surface area contributed by atoms with Gasteiger partial charge in [0.25, 0.3) is 0 Å². The Morgan fingerprint density at radius 3 is 2.28 bits per heavy atom. The van der Waals surface area contributed by atoms with Gasteiger partial charge in [0.1, 0.15) is 6.07 Å². The highest BCUT2D eigenvalue weighted by Gasteiger charge is 2.24. The number of rotatable bonds is 4. The number of hydrogen-bond acceptors (Lipinski definition) is 4. The van der Waals surface area contributed by atoms with Gasteiger partial charge in [0.2, 0.25) is 6.41 Å². The number of amides is 1. The third-order valence-corrected chi connectivity index (χ3v) is 6.50. The van der Waals surface area contributed by atoms with Crippen LogP contribution in [0.15, 0.2) is 85.1 Å². The lowest BCUT2D eigenvalue weighted by Crippen LogP contribution is -2.06. The van der Waals surface area contributed by atoms with Gasteiger partial charge in [0.05, 0.1) is 28.0 Å². The molecule has 3 heterocycles. The number of nitrogens with zero attached hydrogens (tertiary/aromatic N) is 5. The van der Waals surface area contributed by atoms with Gasteiger partial charge < -0.3 is 9.88 Å². The zero-order chi connectivity index (χ0) is 27.5. The van der Waals surface area contributed by atoms with Crippen molar-refractivity contribution in [1.82, 2.24) is 24.6 Å². The first-order chi connectivity index (χ1) is 18.9. The van der Waals surface area contributed by atoms with Gasteiger partial charge in [0, 0.05) is 42.3 Å². The van der Waals surface area contributed by atoms with Gasteiger partial charge >= 0.3 is 0 Å². The fraction of sp³-hybridized carbons (Fsp3) is 0.125. The summed E-state index contributed by atoms with van der Waals surface area (Å²) in [5.74, 6) is 0. The second-order valence-electron chi connectivity index (χ2n) is 9.54. The number of hydrogen-bond donors (Lipinski definition) is 1. The minimum atomic E-state index is 0.553. The SMILES string of the molecule is CN(C)C=O.Cc1ccc(-c2c(C#N)c(-c3c[nH]c4ccccc34)nc3c2c(C)nn3-c2ccccc2)cc1. The maximum Gasteiger partial charge on any atom is 0.209 e. The molecular weight excluding hydrogens is 484 g/mol. The van der Waals surface area contributed by atoms with E-state index in [1.54, 1.807) is 14.1 Å². The molecule has 192 valence electrons. The highest BCUT2D eigenvalue weighted by Crippen LogP contribution is 2.40. The van der Waals surface area contributed by atoms with E-state index in [1.807, 2.05) is 66.3 Å². The van der Waals surface area contributed by atoms with Crippen LogP contribution in [-0.4, -0.2) is 45.2 Å². The number of pyridine rings is 1. The number of aromatic amines is 1. The number of carbonyl (C=O) groups excluding carboxylic acids is 1. The maximum absolute atomic E-state index is 10.4. The molecule has 0 bridgehead atoms. The van der Waals surface area contributed by atoms with Crippen LogP contribution in [0.3, 0.4) is 0 Å². The van der Waals surface area contributed by atoms with Crippen LogP contribution in [0.2, 0.25) is 0 Å². The molecule has 1 amide bonds. The van der Waals surface area contributed by atoms with Crippen LogP contribution in [0.25, 0.3) is 50.0 Å². The summed E-state index contributed by atoms with van der Waals surface area (Å²) >= 11 is 0. The van der Waals surface area contributed by atoms with Crippen molar-refractivity contribution in [3.05, 3.63) is 102 Å². The van der Waals surface area contributed by atoms with Crippen LogP contribution >= 0.6 is 0 Å². The first-order valence-corrected chi connectivity index (χ1v) is 12.6. The molecular formula is C32H28N6O. The molecule has 0 aliphatic heterocycles. The highest BCUT2D eigenvalue weighted by atomic mass is 16.1. The predicted octanol–water partition coefficient (Wildman–Crippen LogP) is 6.43. The van der Waals surface area contributed by atoms with Gasteiger partial charge in [-0.1, -0.05) is 66.2 Å². The summed E-state index contributed by atoms with van der Waals surface area (Å²) in [6.45, 7) is 4.04. The lowest BCUT2D eigenvalue weighted by atomic mass is 9.93. The Morgan fingerprint density at radius 1 is 0.949 bits per heavy atom. The summed E-state index contributed by atoms with van der Waals surface area (Å²) in [5, 5.41) is 17.2. The Balaban J connectivity index is 0.000000567. The van der Waals surface area contributed by atoms with E-state index >= 15 is 0 Å². The van der Waals surface area contributed by atoms with Crippen LogP contribution in [0.5, 0.6) is 0 Å². The molecule has 39 heavy (non-hydrogen) atoms. The van der Waals surface area contributed by atoms with Crippen LogP contribution < -0.4 is 0 Å². The van der Waals surface area contributed by atoms with Crippen molar-refractivity contribution in [3.63, 3.8) is 0 Å². The fourth-order valence-electron chi connectivity index (χ4n) is 4.65. The summed E-state index contributed by atoms with van der Waals surface area (Å²) in [6.07, 6.45) is 2.69.